The molecule has 4 heteroatoms. The molecule has 1 N–H and O–H groups in total. The zero-order valence-electron chi connectivity index (χ0n) is 8.24. The number of hydrogen-bond acceptors (Lipinski definition) is 3. The number of aryl methyl sites for hydroxylation is 1. The molecule has 0 aliphatic heterocycles. The quantitative estimate of drug-likeness (QED) is 0.815. The molecule has 2 rings (SSSR count). The third-order valence-corrected chi connectivity index (χ3v) is 1.98. The van der Waals surface area contributed by atoms with Gasteiger partial charge in [-0.1, -0.05) is 0 Å². The van der Waals surface area contributed by atoms with Crippen LogP contribution in [0.25, 0.3) is 0 Å². The molecule has 0 fully saturated rings. The van der Waals surface area contributed by atoms with E-state index in [9.17, 15) is 4.39 Å². The van der Waals surface area contributed by atoms with Crippen molar-refractivity contribution >= 4 is 11.6 Å². The lowest BCUT2D eigenvalue weighted by molar-refractivity contribution is 0.619. The number of nitrogens with one attached hydrogen (secondary N) is 1. The molecule has 76 valence electrons. The second-order valence-corrected chi connectivity index (χ2v) is 3.16. The van der Waals surface area contributed by atoms with Crippen molar-refractivity contribution in [2.75, 3.05) is 5.32 Å². The third-order valence-electron chi connectivity index (χ3n) is 1.98. The van der Waals surface area contributed by atoms with Crippen molar-refractivity contribution in [1.82, 2.24) is 9.97 Å². The maximum atomic E-state index is 13.0. The Morgan fingerprint density at radius 1 is 1.20 bits per heavy atom. The lowest BCUT2D eigenvalue weighted by Gasteiger charge is -2.05. The van der Waals surface area contributed by atoms with Crippen LogP contribution in [0.15, 0.2) is 36.7 Å². The number of aromatic nitrogens is 2. The molecule has 0 saturated carbocycles. The topological polar surface area (TPSA) is 37.8 Å². The average molecular weight is 203 g/mol. The van der Waals surface area contributed by atoms with Gasteiger partial charge in [0.2, 0.25) is 5.95 Å². The van der Waals surface area contributed by atoms with Crippen molar-refractivity contribution < 1.29 is 4.39 Å². The van der Waals surface area contributed by atoms with Gasteiger partial charge in [0.05, 0.1) is 0 Å². The monoisotopic (exact) mass is 203 g/mol. The molecule has 0 unspecified atom stereocenters. The molecule has 3 nitrogen and oxygen atoms in total. The lowest BCUT2D eigenvalue weighted by Crippen LogP contribution is -1.96. The van der Waals surface area contributed by atoms with E-state index in [1.54, 1.807) is 37.5 Å². The van der Waals surface area contributed by atoms with Crippen LogP contribution >= 0.6 is 0 Å². The van der Waals surface area contributed by atoms with Gasteiger partial charge in [-0.2, -0.15) is 0 Å². The van der Waals surface area contributed by atoms with E-state index in [-0.39, 0.29) is 5.82 Å². The van der Waals surface area contributed by atoms with Crippen molar-refractivity contribution in [1.29, 1.82) is 0 Å². The van der Waals surface area contributed by atoms with Crippen LogP contribution in [0.5, 0.6) is 0 Å². The maximum Gasteiger partial charge on any atom is 0.227 e. The van der Waals surface area contributed by atoms with Crippen molar-refractivity contribution in [2.45, 2.75) is 6.92 Å². The van der Waals surface area contributed by atoms with E-state index in [1.807, 2.05) is 0 Å². The first kappa shape index (κ1) is 9.58. The third kappa shape index (κ3) is 2.28. The second kappa shape index (κ2) is 4.04. The Labute approximate surface area is 87.0 Å². The highest BCUT2D eigenvalue weighted by atomic mass is 19.1. The number of anilines is 2. The predicted molar refractivity (Wildman–Crippen MR) is 56.5 cm³/mol. The Hall–Kier alpha value is -1.97. The summed E-state index contributed by atoms with van der Waals surface area (Å²) in [7, 11) is 0. The molecule has 1 aromatic heterocycles. The van der Waals surface area contributed by atoms with Crippen LogP contribution in [0.2, 0.25) is 0 Å². The molecule has 0 bridgehead atoms. The van der Waals surface area contributed by atoms with Crippen LogP contribution in [0.4, 0.5) is 16.0 Å². The van der Waals surface area contributed by atoms with Crippen molar-refractivity contribution in [3.05, 3.63) is 48.0 Å². The summed E-state index contributed by atoms with van der Waals surface area (Å²) in [5, 5.41) is 2.98. The van der Waals surface area contributed by atoms with E-state index in [1.165, 1.54) is 6.07 Å². The minimum absolute atomic E-state index is 0.213. The standard InChI is InChI=1S/C11H10FN3/c1-8-7-9(3-4-10(8)12)15-11-13-5-2-6-14-11/h2-7H,1H3,(H,13,14,15). The van der Waals surface area contributed by atoms with E-state index in [2.05, 4.69) is 15.3 Å². The predicted octanol–water partition coefficient (Wildman–Crippen LogP) is 2.67. The summed E-state index contributed by atoms with van der Waals surface area (Å²) >= 11 is 0. The Bertz CT molecular complexity index is 457. The summed E-state index contributed by atoms with van der Waals surface area (Å²) in [6.45, 7) is 1.71. The maximum absolute atomic E-state index is 13.0. The van der Waals surface area contributed by atoms with Crippen molar-refractivity contribution in [2.24, 2.45) is 0 Å². The van der Waals surface area contributed by atoms with E-state index in [0.717, 1.165) is 5.69 Å². The van der Waals surface area contributed by atoms with Crippen LogP contribution in [0.1, 0.15) is 5.56 Å². The van der Waals surface area contributed by atoms with Crippen molar-refractivity contribution in [3.8, 4) is 0 Å². The molecule has 0 aliphatic rings. The van der Waals surface area contributed by atoms with Crippen LogP contribution in [0.3, 0.4) is 0 Å². The van der Waals surface area contributed by atoms with Gasteiger partial charge in [-0.3, -0.25) is 0 Å². The number of nitrogens with zero attached hydrogens (tertiary/aromatic N) is 2. The van der Waals surface area contributed by atoms with Gasteiger partial charge in [-0.05, 0) is 36.8 Å². The van der Waals surface area contributed by atoms with Crippen molar-refractivity contribution in [3.63, 3.8) is 0 Å². The minimum atomic E-state index is -0.213. The number of hydrogen-bond donors (Lipinski definition) is 1. The van der Waals surface area contributed by atoms with Gasteiger partial charge in [-0.15, -0.1) is 0 Å². The fraction of sp³-hybridized carbons (Fsp3) is 0.0909. The first-order valence-corrected chi connectivity index (χ1v) is 4.56. The van der Waals surface area contributed by atoms with E-state index < -0.39 is 0 Å². The van der Waals surface area contributed by atoms with E-state index >= 15 is 0 Å². The van der Waals surface area contributed by atoms with Crippen LogP contribution in [-0.2, 0) is 0 Å². The molecule has 0 atom stereocenters. The van der Waals surface area contributed by atoms with Gasteiger partial charge in [0.1, 0.15) is 5.82 Å². The van der Waals surface area contributed by atoms with E-state index in [0.29, 0.717) is 11.5 Å². The summed E-state index contributed by atoms with van der Waals surface area (Å²) in [4.78, 5) is 8.02. The molecule has 1 aromatic carbocycles. The molecular formula is C11H10FN3. The lowest BCUT2D eigenvalue weighted by atomic mass is 10.2. The molecule has 0 saturated heterocycles. The van der Waals surface area contributed by atoms with Gasteiger partial charge in [-0.25, -0.2) is 14.4 Å². The van der Waals surface area contributed by atoms with Gasteiger partial charge in [0.15, 0.2) is 0 Å². The average Bonchev–Trinajstić information content (AvgIpc) is 2.25. The summed E-state index contributed by atoms with van der Waals surface area (Å²) in [5.74, 6) is 0.290. The molecule has 2 aromatic rings. The molecule has 15 heavy (non-hydrogen) atoms. The molecule has 0 aliphatic carbocycles. The fourth-order valence-corrected chi connectivity index (χ4v) is 1.22. The first-order chi connectivity index (χ1) is 7.25. The smallest absolute Gasteiger partial charge is 0.227 e. The van der Waals surface area contributed by atoms with Gasteiger partial charge >= 0.3 is 0 Å². The summed E-state index contributed by atoms with van der Waals surface area (Å²) < 4.78 is 13.0. The summed E-state index contributed by atoms with van der Waals surface area (Å²) in [6, 6.07) is 6.52. The van der Waals surface area contributed by atoms with Crippen LogP contribution in [-0.4, -0.2) is 9.97 Å². The SMILES string of the molecule is Cc1cc(Nc2ncccn2)ccc1F. The minimum Gasteiger partial charge on any atom is -0.324 e. The van der Waals surface area contributed by atoms with E-state index in [4.69, 9.17) is 0 Å². The normalized spacial score (nSPS) is 10.0. The summed E-state index contributed by atoms with van der Waals surface area (Å²) in [6.07, 6.45) is 3.29. The molecular weight excluding hydrogens is 193 g/mol. The van der Waals surface area contributed by atoms with Gasteiger partial charge in [0.25, 0.3) is 0 Å². The number of benzene rings is 1. The highest BCUT2D eigenvalue weighted by molar-refractivity contribution is 5.54. The Balaban J connectivity index is 2.22. The zero-order valence-corrected chi connectivity index (χ0v) is 8.24. The zero-order chi connectivity index (χ0) is 10.7. The molecule has 0 amide bonds. The number of halogens is 1. The van der Waals surface area contributed by atoms with Crippen LogP contribution in [0, 0.1) is 12.7 Å². The summed E-state index contributed by atoms with van der Waals surface area (Å²) in [5.41, 5.74) is 1.37. The first-order valence-electron chi connectivity index (χ1n) is 4.56. The Kier molecular flexibility index (Phi) is 2.58. The highest BCUT2D eigenvalue weighted by Crippen LogP contribution is 2.16. The molecule has 0 radical (unpaired) electrons. The van der Waals surface area contributed by atoms with Crippen LogP contribution < -0.4 is 5.32 Å². The number of rotatable bonds is 2. The molecule has 0 spiro atoms. The highest BCUT2D eigenvalue weighted by Gasteiger charge is 2.00. The second-order valence-electron chi connectivity index (χ2n) is 3.16. The Morgan fingerprint density at radius 3 is 2.60 bits per heavy atom. The molecule has 1 heterocycles. The fourth-order valence-electron chi connectivity index (χ4n) is 1.22. The van der Waals surface area contributed by atoms with Gasteiger partial charge in [0, 0.05) is 18.1 Å². The Morgan fingerprint density at radius 2 is 1.93 bits per heavy atom. The van der Waals surface area contributed by atoms with Gasteiger partial charge < -0.3 is 5.32 Å². The largest absolute Gasteiger partial charge is 0.324 e.